The first-order valence-electron chi connectivity index (χ1n) is 7.52. The Morgan fingerprint density at radius 1 is 1.43 bits per heavy atom. The van der Waals surface area contributed by atoms with Crippen LogP contribution in [0.25, 0.3) is 0 Å². The van der Waals surface area contributed by atoms with Gasteiger partial charge in [-0.25, -0.2) is 0 Å². The van der Waals surface area contributed by atoms with Gasteiger partial charge in [-0.2, -0.15) is 17.4 Å². The van der Waals surface area contributed by atoms with Gasteiger partial charge in [0.15, 0.2) is 0 Å². The third-order valence-corrected chi connectivity index (χ3v) is 6.25. The molecule has 1 aliphatic rings. The van der Waals surface area contributed by atoms with Gasteiger partial charge in [-0.15, -0.1) is 11.3 Å². The van der Waals surface area contributed by atoms with Crippen molar-refractivity contribution < 1.29 is 8.42 Å². The van der Waals surface area contributed by atoms with Gasteiger partial charge in [-0.05, 0) is 50.9 Å². The Labute approximate surface area is 131 Å². The molecule has 1 atom stereocenters. The fourth-order valence-corrected chi connectivity index (χ4v) is 4.81. The second kappa shape index (κ2) is 7.69. The van der Waals surface area contributed by atoms with Crippen molar-refractivity contribution in [1.82, 2.24) is 14.3 Å². The standard InChI is InChI=1S/C14H25N3O2S2/c1-3-15-9-13-5-4-8-17(11-13)21(18,19)16-10-14-7-6-12(2)20-14/h6-7,13,15-16H,3-5,8-11H2,1-2H3. The molecule has 5 nitrogen and oxygen atoms in total. The molecule has 1 fully saturated rings. The zero-order valence-electron chi connectivity index (χ0n) is 12.8. The van der Waals surface area contributed by atoms with E-state index in [0.29, 0.717) is 25.6 Å². The van der Waals surface area contributed by atoms with Crippen molar-refractivity contribution in [3.8, 4) is 0 Å². The minimum Gasteiger partial charge on any atom is -0.317 e. The zero-order chi connectivity index (χ0) is 15.3. The van der Waals surface area contributed by atoms with Crippen LogP contribution in [0.5, 0.6) is 0 Å². The number of hydrogen-bond donors (Lipinski definition) is 2. The predicted molar refractivity (Wildman–Crippen MR) is 87.7 cm³/mol. The van der Waals surface area contributed by atoms with Crippen LogP contribution in [-0.4, -0.2) is 38.9 Å². The van der Waals surface area contributed by atoms with Crippen molar-refractivity contribution in [2.75, 3.05) is 26.2 Å². The summed E-state index contributed by atoms with van der Waals surface area (Å²) in [6.45, 7) is 7.55. The molecule has 1 aromatic heterocycles. The molecule has 1 aliphatic heterocycles. The third kappa shape index (κ3) is 5.03. The number of thiophene rings is 1. The van der Waals surface area contributed by atoms with E-state index in [2.05, 4.69) is 17.0 Å². The van der Waals surface area contributed by atoms with Gasteiger partial charge < -0.3 is 5.32 Å². The van der Waals surface area contributed by atoms with E-state index in [9.17, 15) is 8.42 Å². The van der Waals surface area contributed by atoms with E-state index in [-0.39, 0.29) is 0 Å². The van der Waals surface area contributed by atoms with Gasteiger partial charge in [0, 0.05) is 29.4 Å². The van der Waals surface area contributed by atoms with Gasteiger partial charge in [-0.3, -0.25) is 0 Å². The van der Waals surface area contributed by atoms with Gasteiger partial charge in [-0.1, -0.05) is 6.92 Å². The normalized spacial score (nSPS) is 20.8. The number of hydrogen-bond acceptors (Lipinski definition) is 4. The summed E-state index contributed by atoms with van der Waals surface area (Å²) in [6.07, 6.45) is 2.04. The first kappa shape index (κ1) is 16.9. The van der Waals surface area contributed by atoms with E-state index in [1.54, 1.807) is 15.6 Å². The van der Waals surface area contributed by atoms with Gasteiger partial charge in [0.25, 0.3) is 10.2 Å². The average molecular weight is 332 g/mol. The third-order valence-electron chi connectivity index (χ3n) is 3.73. The summed E-state index contributed by atoms with van der Waals surface area (Å²) in [6, 6.07) is 3.99. The first-order valence-corrected chi connectivity index (χ1v) is 9.77. The maximum Gasteiger partial charge on any atom is 0.279 e. The Morgan fingerprint density at radius 3 is 2.90 bits per heavy atom. The molecule has 0 aliphatic carbocycles. The highest BCUT2D eigenvalue weighted by atomic mass is 32.2. The molecule has 2 rings (SSSR count). The summed E-state index contributed by atoms with van der Waals surface area (Å²) < 4.78 is 29.1. The lowest BCUT2D eigenvalue weighted by Crippen LogP contribution is -2.47. The maximum atomic E-state index is 12.4. The molecule has 21 heavy (non-hydrogen) atoms. The van der Waals surface area contributed by atoms with E-state index in [4.69, 9.17) is 0 Å². The van der Waals surface area contributed by atoms with Gasteiger partial charge >= 0.3 is 0 Å². The molecule has 0 amide bonds. The van der Waals surface area contributed by atoms with Crippen LogP contribution in [0.1, 0.15) is 29.5 Å². The van der Waals surface area contributed by atoms with E-state index in [1.807, 2.05) is 19.1 Å². The second-order valence-corrected chi connectivity index (χ2v) is 8.64. The van der Waals surface area contributed by atoms with Crippen LogP contribution >= 0.6 is 11.3 Å². The molecule has 0 spiro atoms. The van der Waals surface area contributed by atoms with Crippen LogP contribution in [-0.2, 0) is 16.8 Å². The topological polar surface area (TPSA) is 61.4 Å². The van der Waals surface area contributed by atoms with E-state index in [0.717, 1.165) is 30.8 Å². The Bertz CT molecular complexity index is 542. The van der Waals surface area contributed by atoms with Crippen LogP contribution in [0.4, 0.5) is 0 Å². The minimum absolute atomic E-state index is 0.384. The zero-order valence-corrected chi connectivity index (χ0v) is 14.4. The van der Waals surface area contributed by atoms with Crippen LogP contribution < -0.4 is 10.0 Å². The Kier molecular flexibility index (Phi) is 6.19. The molecule has 1 aromatic rings. The molecule has 2 heterocycles. The van der Waals surface area contributed by atoms with E-state index >= 15 is 0 Å². The fourth-order valence-electron chi connectivity index (χ4n) is 2.59. The van der Waals surface area contributed by atoms with Gasteiger partial charge in [0.2, 0.25) is 0 Å². The lowest BCUT2D eigenvalue weighted by atomic mass is 10.00. The van der Waals surface area contributed by atoms with Crippen molar-refractivity contribution in [1.29, 1.82) is 0 Å². The van der Waals surface area contributed by atoms with Crippen molar-refractivity contribution >= 4 is 21.5 Å². The van der Waals surface area contributed by atoms with Gasteiger partial charge in [0.05, 0.1) is 0 Å². The molecule has 1 unspecified atom stereocenters. The minimum atomic E-state index is -3.37. The number of nitrogens with one attached hydrogen (secondary N) is 2. The number of rotatable bonds is 7. The van der Waals surface area contributed by atoms with Crippen LogP contribution in [0.3, 0.4) is 0 Å². The number of piperidine rings is 1. The molecule has 2 N–H and O–H groups in total. The molecule has 0 saturated carbocycles. The number of nitrogens with zero attached hydrogens (tertiary/aromatic N) is 1. The summed E-state index contributed by atoms with van der Waals surface area (Å²) in [5, 5.41) is 3.31. The molecule has 0 radical (unpaired) electrons. The summed E-state index contributed by atoms with van der Waals surface area (Å²) in [5.74, 6) is 0.416. The Balaban J connectivity index is 1.89. The van der Waals surface area contributed by atoms with Crippen molar-refractivity contribution in [2.45, 2.75) is 33.2 Å². The molecule has 120 valence electrons. The SMILES string of the molecule is CCNCC1CCCN(S(=O)(=O)NCc2ccc(C)s2)C1. The monoisotopic (exact) mass is 331 g/mol. The molecule has 7 heteroatoms. The quantitative estimate of drug-likeness (QED) is 0.800. The van der Waals surface area contributed by atoms with Crippen LogP contribution in [0.15, 0.2) is 12.1 Å². The smallest absolute Gasteiger partial charge is 0.279 e. The molecule has 0 aromatic carbocycles. The highest BCUT2D eigenvalue weighted by Gasteiger charge is 2.28. The fraction of sp³-hybridized carbons (Fsp3) is 0.714. The van der Waals surface area contributed by atoms with Crippen LogP contribution in [0, 0.1) is 12.8 Å². The van der Waals surface area contributed by atoms with Crippen LogP contribution in [0.2, 0.25) is 0 Å². The van der Waals surface area contributed by atoms with Gasteiger partial charge in [0.1, 0.15) is 0 Å². The van der Waals surface area contributed by atoms with Crippen molar-refractivity contribution in [2.24, 2.45) is 5.92 Å². The molecule has 1 saturated heterocycles. The first-order chi connectivity index (χ1) is 10.0. The maximum absolute atomic E-state index is 12.4. The van der Waals surface area contributed by atoms with Crippen molar-refractivity contribution in [3.63, 3.8) is 0 Å². The highest BCUT2D eigenvalue weighted by Crippen LogP contribution is 2.19. The Hall–Kier alpha value is -0.470. The van der Waals surface area contributed by atoms with E-state index < -0.39 is 10.2 Å². The summed E-state index contributed by atoms with van der Waals surface area (Å²) in [4.78, 5) is 2.25. The summed E-state index contributed by atoms with van der Waals surface area (Å²) in [7, 11) is -3.37. The largest absolute Gasteiger partial charge is 0.317 e. The molecular weight excluding hydrogens is 306 g/mol. The molecule has 0 bridgehead atoms. The highest BCUT2D eigenvalue weighted by molar-refractivity contribution is 7.87. The average Bonchev–Trinajstić information content (AvgIpc) is 2.89. The second-order valence-electron chi connectivity index (χ2n) is 5.51. The lowest BCUT2D eigenvalue weighted by molar-refractivity contribution is 0.258. The Morgan fingerprint density at radius 2 is 2.24 bits per heavy atom. The number of aryl methyl sites for hydroxylation is 1. The summed E-state index contributed by atoms with van der Waals surface area (Å²) >= 11 is 1.63. The van der Waals surface area contributed by atoms with Crippen molar-refractivity contribution in [3.05, 3.63) is 21.9 Å². The lowest BCUT2D eigenvalue weighted by Gasteiger charge is -2.31. The van der Waals surface area contributed by atoms with E-state index in [1.165, 1.54) is 4.88 Å². The molecular formula is C14H25N3O2S2. The predicted octanol–water partition coefficient (Wildman–Crippen LogP) is 1.71. The summed E-state index contributed by atoms with van der Waals surface area (Å²) in [5.41, 5.74) is 0.